The van der Waals surface area contributed by atoms with Crippen LogP contribution in [0.1, 0.15) is 7.43 Å². The number of benzene rings is 2. The molecule has 0 saturated carbocycles. The van der Waals surface area contributed by atoms with Gasteiger partial charge in [-0.25, -0.2) is 0 Å². The maximum Gasteiger partial charge on any atom is 0.488 e. The number of rotatable bonds is 1. The lowest BCUT2D eigenvalue weighted by Crippen LogP contribution is -2.29. The molecule has 0 saturated heterocycles. The Balaban J connectivity index is 0.00000108. The molecule has 0 amide bonds. The van der Waals surface area contributed by atoms with E-state index in [-0.39, 0.29) is 7.43 Å². The van der Waals surface area contributed by atoms with Crippen LogP contribution in [0.3, 0.4) is 0 Å². The van der Waals surface area contributed by atoms with Crippen LogP contribution in [0.4, 0.5) is 0 Å². The molecule has 2 aromatic carbocycles. The fraction of sp³-hybridized carbons (Fsp3) is 0.0769. The van der Waals surface area contributed by atoms with Gasteiger partial charge in [0.25, 0.3) is 0 Å². The Kier molecular flexibility index (Phi) is 2.92. The van der Waals surface area contributed by atoms with Crippen LogP contribution < -0.4 is 5.46 Å². The molecule has 2 N–H and O–H groups in total. The van der Waals surface area contributed by atoms with Gasteiger partial charge in [0.2, 0.25) is 0 Å². The summed E-state index contributed by atoms with van der Waals surface area (Å²) in [6.07, 6.45) is 0. The molecule has 1 heterocycles. The summed E-state index contributed by atoms with van der Waals surface area (Å²) in [5.41, 5.74) is 2.03. The van der Waals surface area contributed by atoms with E-state index in [0.29, 0.717) is 5.46 Å². The third-order valence-corrected chi connectivity index (χ3v) is 2.70. The first-order chi connectivity index (χ1) is 7.75. The van der Waals surface area contributed by atoms with Gasteiger partial charge in [0.15, 0.2) is 0 Å². The molecule has 3 rings (SSSR count). The molecule has 1 aromatic heterocycles. The highest BCUT2D eigenvalue weighted by Gasteiger charge is 2.13. The van der Waals surface area contributed by atoms with Crippen molar-refractivity contribution in [2.45, 2.75) is 7.43 Å². The van der Waals surface area contributed by atoms with Crippen molar-refractivity contribution in [1.82, 2.24) is 0 Å². The second kappa shape index (κ2) is 4.24. The molecule has 86 valence electrons. The Bertz CT molecular complexity index is 658. The molecule has 0 atom stereocenters. The summed E-state index contributed by atoms with van der Waals surface area (Å²) >= 11 is 0. The molecule has 0 aliphatic carbocycles. The molecule has 3 aromatic rings. The fourth-order valence-corrected chi connectivity index (χ4v) is 1.90. The van der Waals surface area contributed by atoms with Gasteiger partial charge in [-0.15, -0.1) is 0 Å². The van der Waals surface area contributed by atoms with E-state index in [0.717, 1.165) is 21.9 Å². The van der Waals surface area contributed by atoms with Gasteiger partial charge in [-0.3, -0.25) is 0 Å². The molecule has 3 nitrogen and oxygen atoms in total. The molecule has 0 bridgehead atoms. The Morgan fingerprint density at radius 2 is 1.59 bits per heavy atom. The standard InChI is InChI=1S/C12H9BO3.CH4/c14-13(15)8-5-6-12-10(7-8)9-3-1-2-4-11(9)16-12;/h1-7,14-15H;1H4. The third kappa shape index (κ3) is 1.81. The highest BCUT2D eigenvalue weighted by atomic mass is 16.4. The summed E-state index contributed by atoms with van der Waals surface area (Å²) in [6.45, 7) is 0. The zero-order chi connectivity index (χ0) is 11.1. The summed E-state index contributed by atoms with van der Waals surface area (Å²) < 4.78 is 5.62. The van der Waals surface area contributed by atoms with Crippen LogP contribution in [0.5, 0.6) is 0 Å². The number of para-hydroxylation sites is 1. The largest absolute Gasteiger partial charge is 0.488 e. The minimum atomic E-state index is -1.45. The van der Waals surface area contributed by atoms with Crippen molar-refractivity contribution >= 4 is 34.5 Å². The van der Waals surface area contributed by atoms with E-state index in [2.05, 4.69) is 0 Å². The van der Waals surface area contributed by atoms with Crippen molar-refractivity contribution < 1.29 is 14.5 Å². The van der Waals surface area contributed by atoms with Crippen molar-refractivity contribution in [1.29, 1.82) is 0 Å². The van der Waals surface area contributed by atoms with Crippen molar-refractivity contribution in [2.75, 3.05) is 0 Å². The van der Waals surface area contributed by atoms with Gasteiger partial charge in [-0.05, 0) is 17.6 Å². The summed E-state index contributed by atoms with van der Waals surface area (Å²) in [7, 11) is -1.45. The van der Waals surface area contributed by atoms with E-state index in [1.165, 1.54) is 0 Å². The van der Waals surface area contributed by atoms with E-state index in [1.54, 1.807) is 18.2 Å². The molecule has 0 unspecified atom stereocenters. The van der Waals surface area contributed by atoms with Crippen LogP contribution in [0, 0.1) is 0 Å². The lowest BCUT2D eigenvalue weighted by Gasteiger charge is -1.97. The molecule has 0 aliphatic rings. The van der Waals surface area contributed by atoms with Crippen molar-refractivity contribution in [2.24, 2.45) is 0 Å². The van der Waals surface area contributed by atoms with E-state index in [4.69, 9.17) is 14.5 Å². The Hall–Kier alpha value is -1.78. The van der Waals surface area contributed by atoms with Crippen LogP contribution >= 0.6 is 0 Å². The Morgan fingerprint density at radius 3 is 2.35 bits per heavy atom. The first-order valence-electron chi connectivity index (χ1n) is 5.03. The van der Waals surface area contributed by atoms with Gasteiger partial charge in [-0.1, -0.05) is 37.8 Å². The van der Waals surface area contributed by atoms with Crippen LogP contribution in [0.2, 0.25) is 0 Å². The third-order valence-electron chi connectivity index (χ3n) is 2.70. The summed E-state index contributed by atoms with van der Waals surface area (Å²) in [6, 6.07) is 12.8. The van der Waals surface area contributed by atoms with E-state index >= 15 is 0 Å². The van der Waals surface area contributed by atoms with Crippen LogP contribution in [-0.4, -0.2) is 17.2 Å². The smallest absolute Gasteiger partial charge is 0.456 e. The summed E-state index contributed by atoms with van der Waals surface area (Å²) in [5.74, 6) is 0. The topological polar surface area (TPSA) is 53.6 Å². The van der Waals surface area contributed by atoms with Crippen LogP contribution in [0.25, 0.3) is 21.9 Å². The zero-order valence-electron chi connectivity index (χ0n) is 8.42. The first-order valence-corrected chi connectivity index (χ1v) is 5.03. The number of hydrogen-bond acceptors (Lipinski definition) is 3. The number of hydrogen-bond donors (Lipinski definition) is 2. The second-order valence-corrected chi connectivity index (χ2v) is 3.73. The van der Waals surface area contributed by atoms with Gasteiger partial charge >= 0.3 is 7.12 Å². The SMILES string of the molecule is C.OB(O)c1ccc2oc3ccccc3c2c1. The van der Waals surface area contributed by atoms with E-state index < -0.39 is 7.12 Å². The Morgan fingerprint density at radius 1 is 0.882 bits per heavy atom. The zero-order valence-corrected chi connectivity index (χ0v) is 8.42. The van der Waals surface area contributed by atoms with Crippen LogP contribution in [0.15, 0.2) is 46.9 Å². The van der Waals surface area contributed by atoms with E-state index in [1.807, 2.05) is 24.3 Å². The molecule has 0 spiro atoms. The van der Waals surface area contributed by atoms with Gasteiger partial charge in [0.1, 0.15) is 11.2 Å². The van der Waals surface area contributed by atoms with E-state index in [9.17, 15) is 0 Å². The highest BCUT2D eigenvalue weighted by molar-refractivity contribution is 6.59. The van der Waals surface area contributed by atoms with Crippen molar-refractivity contribution in [3.8, 4) is 0 Å². The molecule has 4 heteroatoms. The van der Waals surface area contributed by atoms with Gasteiger partial charge in [-0.2, -0.15) is 0 Å². The van der Waals surface area contributed by atoms with Crippen molar-refractivity contribution in [3.05, 3.63) is 42.5 Å². The van der Waals surface area contributed by atoms with Gasteiger partial charge in [0.05, 0.1) is 0 Å². The molecule has 0 fully saturated rings. The maximum absolute atomic E-state index is 9.12. The average Bonchev–Trinajstić information content (AvgIpc) is 2.66. The fourth-order valence-electron chi connectivity index (χ4n) is 1.90. The van der Waals surface area contributed by atoms with Gasteiger partial charge < -0.3 is 14.5 Å². The second-order valence-electron chi connectivity index (χ2n) is 3.73. The predicted molar refractivity (Wildman–Crippen MR) is 70.3 cm³/mol. The molecule has 0 radical (unpaired) electrons. The average molecular weight is 228 g/mol. The van der Waals surface area contributed by atoms with Crippen molar-refractivity contribution in [3.63, 3.8) is 0 Å². The summed E-state index contributed by atoms with van der Waals surface area (Å²) in [4.78, 5) is 0. The predicted octanol–water partition coefficient (Wildman–Crippen LogP) is 1.90. The molecule has 17 heavy (non-hydrogen) atoms. The molecular formula is C13H13BO3. The number of fused-ring (bicyclic) bond motifs is 3. The first kappa shape index (κ1) is 11.7. The van der Waals surface area contributed by atoms with Crippen LogP contribution in [-0.2, 0) is 0 Å². The molecular weight excluding hydrogens is 215 g/mol. The highest BCUT2D eigenvalue weighted by Crippen LogP contribution is 2.27. The quantitative estimate of drug-likeness (QED) is 0.625. The summed E-state index contributed by atoms with van der Waals surface area (Å²) in [5, 5.41) is 20.1. The normalized spacial score (nSPS) is 10.5. The van der Waals surface area contributed by atoms with Gasteiger partial charge in [0, 0.05) is 10.8 Å². The minimum Gasteiger partial charge on any atom is -0.456 e. The Labute approximate surface area is 99.4 Å². The minimum absolute atomic E-state index is 0. The lowest BCUT2D eigenvalue weighted by molar-refractivity contribution is 0.426. The maximum atomic E-state index is 9.12. The monoisotopic (exact) mass is 228 g/mol. The lowest BCUT2D eigenvalue weighted by atomic mass is 9.80. The molecule has 0 aliphatic heterocycles. The number of furan rings is 1.